The average molecular weight is 340 g/mol. The van der Waals surface area contributed by atoms with Crippen molar-refractivity contribution < 1.29 is 21.6 Å². The highest BCUT2D eigenvalue weighted by molar-refractivity contribution is 8.02. The first-order chi connectivity index (χ1) is 9.31. The van der Waals surface area contributed by atoms with Crippen LogP contribution in [0.2, 0.25) is 0 Å². The van der Waals surface area contributed by atoms with Gasteiger partial charge in [-0.05, 0) is 33.3 Å². The zero-order valence-corrected chi connectivity index (χ0v) is 14.0. The molecule has 0 saturated carbocycles. The van der Waals surface area contributed by atoms with Crippen LogP contribution in [0.15, 0.2) is 30.3 Å². The van der Waals surface area contributed by atoms with E-state index < -0.39 is 24.8 Å². The minimum absolute atomic E-state index is 0.142. The molecule has 120 valence electrons. The molecule has 7 heteroatoms. The Kier molecular flexibility index (Phi) is 5.10. The predicted octanol–water partition coefficient (Wildman–Crippen LogP) is 4.37. The number of alkyl halides is 3. The quantitative estimate of drug-likeness (QED) is 0.798. The van der Waals surface area contributed by atoms with Crippen molar-refractivity contribution in [1.82, 2.24) is 0 Å². The van der Waals surface area contributed by atoms with Crippen molar-refractivity contribution in [2.75, 3.05) is 5.75 Å². The Balaban J connectivity index is 2.92. The van der Waals surface area contributed by atoms with Gasteiger partial charge < -0.3 is 0 Å². The molecule has 21 heavy (non-hydrogen) atoms. The van der Waals surface area contributed by atoms with Crippen LogP contribution < -0.4 is 0 Å². The summed E-state index contributed by atoms with van der Waals surface area (Å²) in [7, 11) is -5.20. The summed E-state index contributed by atoms with van der Waals surface area (Å²) in [5, 5.41) is 0. The molecule has 0 fully saturated rings. The van der Waals surface area contributed by atoms with Crippen molar-refractivity contribution in [3.8, 4) is 0 Å². The molecule has 0 spiro atoms. The van der Waals surface area contributed by atoms with Gasteiger partial charge in [-0.15, -0.1) is 11.8 Å². The lowest BCUT2D eigenvalue weighted by Crippen LogP contribution is -2.44. The molecule has 0 aliphatic rings. The Labute approximate surface area is 128 Å². The van der Waals surface area contributed by atoms with Gasteiger partial charge in [0.25, 0.3) is 9.84 Å². The Bertz CT molecular complexity index is 576. The van der Waals surface area contributed by atoms with Crippen molar-refractivity contribution in [3.05, 3.63) is 35.9 Å². The standard InChI is InChI=1S/C14H19F3O2S2/c1-12(2,21(18,19)14(15,16)17)10-20-13(3,4)11-8-6-5-7-9-11/h5-9H,10H2,1-4H3. The third-order valence-electron chi connectivity index (χ3n) is 3.28. The molecule has 0 aromatic heterocycles. The molecule has 1 rings (SSSR count). The molecule has 0 N–H and O–H groups in total. The number of benzene rings is 1. The second-order valence-electron chi connectivity index (χ2n) is 5.87. The maximum atomic E-state index is 12.7. The summed E-state index contributed by atoms with van der Waals surface area (Å²) in [5.74, 6) is -0.142. The first-order valence-corrected chi connectivity index (χ1v) is 8.78. The molecule has 0 aliphatic heterocycles. The van der Waals surface area contributed by atoms with Crippen LogP contribution in [0.25, 0.3) is 0 Å². The summed E-state index contributed by atoms with van der Waals surface area (Å²) in [4.78, 5) is 0. The van der Waals surface area contributed by atoms with Crippen LogP contribution in [0.5, 0.6) is 0 Å². The SMILES string of the molecule is CC(C)(SCC(C)(C)S(=O)(=O)C(F)(F)F)c1ccccc1. The second kappa shape index (κ2) is 5.83. The molecule has 2 nitrogen and oxygen atoms in total. The third-order valence-corrected chi connectivity index (χ3v) is 7.50. The van der Waals surface area contributed by atoms with Gasteiger partial charge in [-0.1, -0.05) is 30.3 Å². The van der Waals surface area contributed by atoms with Crippen LogP contribution in [0.1, 0.15) is 33.3 Å². The molecule has 0 heterocycles. The van der Waals surface area contributed by atoms with E-state index in [9.17, 15) is 21.6 Å². The van der Waals surface area contributed by atoms with E-state index in [0.29, 0.717) is 0 Å². The van der Waals surface area contributed by atoms with Crippen molar-refractivity contribution in [2.45, 2.75) is 42.7 Å². The van der Waals surface area contributed by atoms with E-state index in [1.54, 1.807) is 0 Å². The Morgan fingerprint density at radius 1 is 1.00 bits per heavy atom. The molecule has 0 unspecified atom stereocenters. The maximum Gasteiger partial charge on any atom is 0.497 e. The van der Waals surface area contributed by atoms with Gasteiger partial charge in [0.1, 0.15) is 0 Å². The molecular weight excluding hydrogens is 321 g/mol. The monoisotopic (exact) mass is 340 g/mol. The summed E-state index contributed by atoms with van der Waals surface area (Å²) in [5.41, 5.74) is -4.29. The smallest absolute Gasteiger partial charge is 0.219 e. The van der Waals surface area contributed by atoms with Gasteiger partial charge in [-0.3, -0.25) is 0 Å². The van der Waals surface area contributed by atoms with Gasteiger partial charge in [0, 0.05) is 10.5 Å². The van der Waals surface area contributed by atoms with E-state index in [4.69, 9.17) is 0 Å². The fourth-order valence-corrected chi connectivity index (χ4v) is 4.10. The average Bonchev–Trinajstić information content (AvgIpc) is 2.36. The van der Waals surface area contributed by atoms with E-state index in [1.165, 1.54) is 11.8 Å². The van der Waals surface area contributed by atoms with Crippen LogP contribution in [-0.2, 0) is 14.6 Å². The van der Waals surface area contributed by atoms with E-state index in [-0.39, 0.29) is 5.75 Å². The lowest BCUT2D eigenvalue weighted by Gasteiger charge is -2.31. The van der Waals surface area contributed by atoms with Crippen molar-refractivity contribution in [1.29, 1.82) is 0 Å². The highest BCUT2D eigenvalue weighted by atomic mass is 32.2. The summed E-state index contributed by atoms with van der Waals surface area (Å²) in [6, 6.07) is 9.28. The molecule has 0 atom stereocenters. The van der Waals surface area contributed by atoms with Gasteiger partial charge >= 0.3 is 5.51 Å². The van der Waals surface area contributed by atoms with Crippen molar-refractivity contribution in [2.24, 2.45) is 0 Å². The van der Waals surface area contributed by atoms with Gasteiger partial charge in [0.15, 0.2) is 0 Å². The van der Waals surface area contributed by atoms with Gasteiger partial charge in [0.2, 0.25) is 0 Å². The lowest BCUT2D eigenvalue weighted by atomic mass is 10.0. The molecule has 0 radical (unpaired) electrons. The number of thioether (sulfide) groups is 1. The molecule has 1 aromatic rings. The van der Waals surface area contributed by atoms with Gasteiger partial charge in [-0.25, -0.2) is 8.42 Å². The zero-order valence-electron chi connectivity index (χ0n) is 12.4. The number of hydrogen-bond acceptors (Lipinski definition) is 3. The van der Waals surface area contributed by atoms with E-state index >= 15 is 0 Å². The van der Waals surface area contributed by atoms with Crippen LogP contribution in [0.3, 0.4) is 0 Å². The Hall–Kier alpha value is -0.690. The largest absolute Gasteiger partial charge is 0.497 e. The van der Waals surface area contributed by atoms with E-state index in [2.05, 4.69) is 0 Å². The van der Waals surface area contributed by atoms with Crippen molar-refractivity contribution >= 4 is 21.6 Å². The first kappa shape index (κ1) is 18.4. The first-order valence-electron chi connectivity index (χ1n) is 6.32. The third kappa shape index (κ3) is 3.94. The van der Waals surface area contributed by atoms with E-state index in [1.807, 2.05) is 44.2 Å². The maximum absolute atomic E-state index is 12.7. The Morgan fingerprint density at radius 2 is 1.48 bits per heavy atom. The van der Waals surface area contributed by atoms with Crippen LogP contribution >= 0.6 is 11.8 Å². The molecule has 0 aliphatic carbocycles. The zero-order chi connectivity index (χ0) is 16.5. The fraction of sp³-hybridized carbons (Fsp3) is 0.571. The van der Waals surface area contributed by atoms with Crippen LogP contribution in [-0.4, -0.2) is 24.4 Å². The number of hydrogen-bond donors (Lipinski definition) is 0. The van der Waals surface area contributed by atoms with Crippen molar-refractivity contribution in [3.63, 3.8) is 0 Å². The second-order valence-corrected chi connectivity index (χ2v) is 10.0. The number of halogens is 3. The van der Waals surface area contributed by atoms with Crippen LogP contribution in [0, 0.1) is 0 Å². The molecular formula is C14H19F3O2S2. The highest BCUT2D eigenvalue weighted by Crippen LogP contribution is 2.41. The molecule has 1 aromatic carbocycles. The Morgan fingerprint density at radius 3 is 1.90 bits per heavy atom. The number of rotatable bonds is 5. The summed E-state index contributed by atoms with van der Waals surface area (Å²) < 4.78 is 58.9. The summed E-state index contributed by atoms with van der Waals surface area (Å²) in [6.07, 6.45) is 0. The summed E-state index contributed by atoms with van der Waals surface area (Å²) >= 11 is 1.20. The molecule has 0 saturated heterocycles. The topological polar surface area (TPSA) is 34.1 Å². The highest BCUT2D eigenvalue weighted by Gasteiger charge is 2.55. The predicted molar refractivity (Wildman–Crippen MR) is 81.0 cm³/mol. The molecule has 0 amide bonds. The van der Waals surface area contributed by atoms with Gasteiger partial charge in [0.05, 0.1) is 4.75 Å². The summed E-state index contributed by atoms with van der Waals surface area (Å²) in [6.45, 7) is 5.96. The van der Waals surface area contributed by atoms with Gasteiger partial charge in [-0.2, -0.15) is 13.2 Å². The van der Waals surface area contributed by atoms with Crippen LogP contribution in [0.4, 0.5) is 13.2 Å². The molecule has 0 bridgehead atoms. The normalized spacial score (nSPS) is 14.2. The lowest BCUT2D eigenvalue weighted by molar-refractivity contribution is -0.0452. The minimum atomic E-state index is -5.23. The minimum Gasteiger partial charge on any atom is -0.219 e. The number of sulfone groups is 1. The fourth-order valence-electron chi connectivity index (χ4n) is 1.67. The van der Waals surface area contributed by atoms with E-state index in [0.717, 1.165) is 19.4 Å².